The summed E-state index contributed by atoms with van der Waals surface area (Å²) in [5.74, 6) is -8.43. The lowest BCUT2D eigenvalue weighted by molar-refractivity contribution is 0.106. The van der Waals surface area contributed by atoms with E-state index < -0.39 is 98.0 Å². The molecular weight excluding hydrogens is 1110 g/mol. The molecule has 5 heterocycles. The van der Waals surface area contributed by atoms with Crippen LogP contribution in [0.25, 0.3) is 52.0 Å². The van der Waals surface area contributed by atoms with Crippen molar-refractivity contribution in [3.05, 3.63) is 201 Å². The van der Waals surface area contributed by atoms with Gasteiger partial charge in [-0.25, -0.2) is 55.6 Å². The summed E-state index contributed by atoms with van der Waals surface area (Å²) >= 11 is 2.02. The fourth-order valence-electron chi connectivity index (χ4n) is 9.83. The third kappa shape index (κ3) is 8.69. The summed E-state index contributed by atoms with van der Waals surface area (Å²) in [6.45, 7) is -0.984. The first-order chi connectivity index (χ1) is 40.2. The number of nitrogens with zero attached hydrogens (tertiary/aromatic N) is 9. The summed E-state index contributed by atoms with van der Waals surface area (Å²) in [6.07, 6.45) is -3.37. The van der Waals surface area contributed by atoms with Crippen LogP contribution >= 0.6 is 22.7 Å². The van der Waals surface area contributed by atoms with Gasteiger partial charge in [-0.05, 0) is 41.0 Å². The number of aliphatic imine (C=N–C) groups is 2. The summed E-state index contributed by atoms with van der Waals surface area (Å²) in [7, 11) is 0. The molecule has 0 aliphatic heterocycles. The standard InChI is InChI=1S/C60H27F4N9O8S2/c61-38-16-34-36(18-40(38)63)54(74)48(46(34)32(22-65)23-66)69-44-20-42-50(71(44)58(76)79-26-29-10-4-1-5-11-29)52-56(82-42)57-53(73(52)60(78)81-28-31-14-8-3-9-15-31)51-43(83-57)21-45(72(51)59(77)80-27-30-12-6-2-7-13-30)70-49-47(33(24-67)25-68)35-17-39(62)41(64)19-37(35)55(49)75/h1-21H,26-28H2. The monoisotopic (exact) mass is 1140 g/mol. The molecule has 0 bridgehead atoms. The Hall–Kier alpha value is -11.4. The highest BCUT2D eigenvalue weighted by Crippen LogP contribution is 2.51. The van der Waals surface area contributed by atoms with Crippen LogP contribution in [0, 0.1) is 68.6 Å². The summed E-state index contributed by atoms with van der Waals surface area (Å²) < 4.78 is 81.1. The minimum Gasteiger partial charge on any atom is -0.444 e. The van der Waals surface area contributed by atoms with Crippen molar-refractivity contribution in [2.75, 3.05) is 0 Å². The predicted octanol–water partition coefficient (Wildman–Crippen LogP) is 13.5. The number of hydrogen-bond acceptors (Lipinski definition) is 16. The predicted molar refractivity (Wildman–Crippen MR) is 294 cm³/mol. The molecule has 5 aromatic carbocycles. The molecule has 0 unspecified atom stereocenters. The molecule has 12 rings (SSSR count). The van der Waals surface area contributed by atoms with Crippen LogP contribution in [0.5, 0.6) is 0 Å². The minimum absolute atomic E-state index is 0.0494. The Kier molecular flexibility index (Phi) is 13.1. The van der Waals surface area contributed by atoms with E-state index in [2.05, 4.69) is 9.98 Å². The number of ether oxygens (including phenoxy) is 3. The van der Waals surface area contributed by atoms with Gasteiger partial charge >= 0.3 is 18.3 Å². The summed E-state index contributed by atoms with van der Waals surface area (Å²) in [5, 5.41) is 40.4. The molecule has 23 heteroatoms. The molecule has 0 saturated heterocycles. The lowest BCUT2D eigenvalue weighted by Gasteiger charge is -2.12. The topological polar surface area (TPSA) is 248 Å². The zero-order chi connectivity index (χ0) is 58.0. The molecule has 10 aromatic rings. The Labute approximate surface area is 470 Å². The van der Waals surface area contributed by atoms with Crippen molar-refractivity contribution in [1.29, 1.82) is 21.0 Å². The normalized spacial score (nSPS) is 13.6. The molecule has 0 radical (unpaired) electrons. The van der Waals surface area contributed by atoms with E-state index in [-0.39, 0.29) is 74.0 Å². The van der Waals surface area contributed by atoms with Crippen molar-refractivity contribution < 1.29 is 55.7 Å². The van der Waals surface area contributed by atoms with E-state index in [4.69, 9.17) is 14.2 Å². The molecule has 83 heavy (non-hydrogen) atoms. The van der Waals surface area contributed by atoms with Gasteiger partial charge in [0.1, 0.15) is 78.3 Å². The van der Waals surface area contributed by atoms with Gasteiger partial charge in [-0.1, -0.05) is 91.0 Å². The van der Waals surface area contributed by atoms with E-state index in [1.165, 1.54) is 12.1 Å². The molecule has 5 aromatic heterocycles. The number of aromatic nitrogens is 3. The second-order valence-corrected chi connectivity index (χ2v) is 20.4. The van der Waals surface area contributed by atoms with Gasteiger partial charge in [0.2, 0.25) is 11.6 Å². The van der Waals surface area contributed by atoms with Gasteiger partial charge in [0, 0.05) is 45.5 Å². The summed E-state index contributed by atoms with van der Waals surface area (Å²) in [4.78, 5) is 82.7. The van der Waals surface area contributed by atoms with Gasteiger partial charge in [0.25, 0.3) is 0 Å². The highest BCUT2D eigenvalue weighted by atomic mass is 32.1. The van der Waals surface area contributed by atoms with Gasteiger partial charge < -0.3 is 14.2 Å². The number of fused-ring (bicyclic) bond motifs is 9. The molecule has 2 aliphatic carbocycles. The van der Waals surface area contributed by atoms with Crippen LogP contribution in [-0.4, -0.2) is 55.0 Å². The fraction of sp³-hybridized carbons (Fsp3) is 0.0500. The number of hydrogen-bond donors (Lipinski definition) is 0. The Bertz CT molecular complexity index is 4580. The van der Waals surface area contributed by atoms with Crippen molar-refractivity contribution in [3.63, 3.8) is 0 Å². The van der Waals surface area contributed by atoms with E-state index in [0.717, 1.165) is 36.4 Å². The molecule has 0 fully saturated rings. The molecule has 0 N–H and O–H groups in total. The molecule has 400 valence electrons. The minimum atomic E-state index is -1.41. The van der Waals surface area contributed by atoms with Gasteiger partial charge in [0.15, 0.2) is 23.3 Å². The van der Waals surface area contributed by atoms with Crippen molar-refractivity contribution in [1.82, 2.24) is 13.7 Å². The van der Waals surface area contributed by atoms with Gasteiger partial charge in [-0.15, -0.1) is 22.7 Å². The van der Waals surface area contributed by atoms with Crippen LogP contribution in [0.2, 0.25) is 0 Å². The largest absolute Gasteiger partial charge is 0.444 e. The van der Waals surface area contributed by atoms with Crippen LogP contribution in [0.4, 0.5) is 43.6 Å². The zero-order valence-corrected chi connectivity index (χ0v) is 43.5. The molecular formula is C60H27F4N9O8S2. The number of nitriles is 4. The number of thiophene rings is 2. The van der Waals surface area contributed by atoms with Crippen LogP contribution < -0.4 is 0 Å². The average molecular weight is 1140 g/mol. The number of Topliss-reactive ketones (excluding diaryl/α,β-unsaturated/α-hetero) is 2. The maximum Gasteiger partial charge on any atom is 0.420 e. The smallest absolute Gasteiger partial charge is 0.420 e. The first-order valence-electron chi connectivity index (χ1n) is 24.4. The average Bonchev–Trinajstić information content (AvgIpc) is 1.78. The third-order valence-electron chi connectivity index (χ3n) is 13.5. The lowest BCUT2D eigenvalue weighted by atomic mass is 10.0. The van der Waals surface area contributed by atoms with Crippen molar-refractivity contribution in [2.24, 2.45) is 9.98 Å². The maximum atomic E-state index is 15.3. The van der Waals surface area contributed by atoms with Crippen LogP contribution in [0.1, 0.15) is 48.5 Å². The first kappa shape index (κ1) is 52.3. The molecule has 0 amide bonds. The SMILES string of the molecule is N#CC(C#N)=C1C(=Nc2cc3sc4c5sc6cc(N=C7C(=O)c8cc(F)c(F)cc8C7=C(C#N)C#N)n(C(=O)OCc7ccccc7)c6c5n(C(=O)OCc5ccccc5)c4c3n2C(=O)OCc2ccccc2)C(=O)c2cc(F)c(F)cc21. The fourth-order valence-corrected chi connectivity index (χ4v) is 12.4. The zero-order valence-electron chi connectivity index (χ0n) is 41.9. The number of halogens is 4. The summed E-state index contributed by atoms with van der Waals surface area (Å²) in [6, 6.07) is 37.4. The third-order valence-corrected chi connectivity index (χ3v) is 15.9. The molecule has 2 aliphatic rings. The Morgan fingerprint density at radius 2 is 0.759 bits per heavy atom. The molecule has 0 atom stereocenters. The Morgan fingerprint density at radius 3 is 1.08 bits per heavy atom. The number of benzene rings is 5. The van der Waals surface area contributed by atoms with E-state index in [1.807, 2.05) is 0 Å². The van der Waals surface area contributed by atoms with Crippen LogP contribution in [0.15, 0.2) is 149 Å². The van der Waals surface area contributed by atoms with E-state index in [9.17, 15) is 57.8 Å². The number of ketones is 2. The van der Waals surface area contributed by atoms with Crippen molar-refractivity contribution >= 4 is 128 Å². The van der Waals surface area contributed by atoms with Crippen molar-refractivity contribution in [2.45, 2.75) is 19.8 Å². The van der Waals surface area contributed by atoms with E-state index in [1.54, 1.807) is 115 Å². The highest BCUT2D eigenvalue weighted by Gasteiger charge is 2.40. The van der Waals surface area contributed by atoms with E-state index >= 15 is 4.79 Å². The molecule has 17 nitrogen and oxygen atoms in total. The van der Waals surface area contributed by atoms with Crippen LogP contribution in [-0.2, 0) is 34.0 Å². The first-order valence-corrected chi connectivity index (χ1v) is 26.0. The van der Waals surface area contributed by atoms with E-state index in [0.29, 0.717) is 50.4 Å². The van der Waals surface area contributed by atoms with Crippen molar-refractivity contribution in [3.8, 4) is 24.3 Å². The van der Waals surface area contributed by atoms with Gasteiger partial charge in [-0.2, -0.15) is 21.0 Å². The maximum absolute atomic E-state index is 15.3. The molecule has 0 spiro atoms. The van der Waals surface area contributed by atoms with Gasteiger partial charge in [-0.3, -0.25) is 9.59 Å². The number of allylic oxidation sites excluding steroid dienone is 4. The van der Waals surface area contributed by atoms with Crippen LogP contribution in [0.3, 0.4) is 0 Å². The number of carbonyl (C=O) groups excluding carboxylic acids is 5. The lowest BCUT2D eigenvalue weighted by Crippen LogP contribution is -2.18. The Balaban J connectivity index is 1.15. The number of carbonyl (C=O) groups is 5. The second kappa shape index (κ2) is 20.7. The van der Waals surface area contributed by atoms with Gasteiger partial charge in [0.05, 0.1) is 40.9 Å². The summed E-state index contributed by atoms with van der Waals surface area (Å²) in [5.41, 5.74) is -3.75. The highest BCUT2D eigenvalue weighted by molar-refractivity contribution is 7.33. The second-order valence-electron chi connectivity index (χ2n) is 18.3. The molecule has 0 saturated carbocycles. The Morgan fingerprint density at radius 1 is 0.446 bits per heavy atom. The quantitative estimate of drug-likeness (QED) is 0.0783. The number of rotatable bonds is 8.